The van der Waals surface area contributed by atoms with E-state index in [0.29, 0.717) is 13.1 Å². The number of nitrogens with zero attached hydrogens (tertiary/aromatic N) is 2. The number of aromatic nitrogens is 2. The second-order valence-corrected chi connectivity index (χ2v) is 6.64. The van der Waals surface area contributed by atoms with Gasteiger partial charge in [-0.15, -0.1) is 0 Å². The quantitative estimate of drug-likeness (QED) is 0.799. The highest BCUT2D eigenvalue weighted by Crippen LogP contribution is 2.11. The minimum atomic E-state index is -3.51. The minimum absolute atomic E-state index is 0.244. The molecule has 0 saturated carbocycles. The Morgan fingerprint density at radius 1 is 1.29 bits per heavy atom. The fourth-order valence-corrected chi connectivity index (χ4v) is 3.28. The van der Waals surface area contributed by atoms with E-state index in [1.807, 2.05) is 32.2 Å². The van der Waals surface area contributed by atoms with Crippen LogP contribution in [0.5, 0.6) is 0 Å². The second-order valence-electron chi connectivity index (χ2n) is 4.92. The summed E-state index contributed by atoms with van der Waals surface area (Å²) in [5.74, 6) is 0. The number of sulfonamides is 1. The van der Waals surface area contributed by atoms with Gasteiger partial charge in [-0.2, -0.15) is 5.10 Å². The van der Waals surface area contributed by atoms with Crippen molar-refractivity contribution < 1.29 is 8.42 Å². The van der Waals surface area contributed by atoms with Crippen LogP contribution in [-0.4, -0.2) is 31.3 Å². The van der Waals surface area contributed by atoms with Crippen molar-refractivity contribution in [1.82, 2.24) is 19.8 Å². The molecule has 1 unspecified atom stereocenters. The van der Waals surface area contributed by atoms with Crippen LogP contribution in [0, 0.1) is 0 Å². The Bertz CT molecular complexity index is 651. The van der Waals surface area contributed by atoms with Gasteiger partial charge in [0, 0.05) is 25.0 Å². The normalized spacial score (nSPS) is 13.2. The van der Waals surface area contributed by atoms with E-state index in [0.717, 1.165) is 5.56 Å². The molecule has 114 valence electrons. The summed E-state index contributed by atoms with van der Waals surface area (Å²) in [6, 6.07) is 8.42. The first-order valence-electron chi connectivity index (χ1n) is 6.74. The molecule has 2 aromatic rings. The van der Waals surface area contributed by atoms with E-state index in [9.17, 15) is 8.42 Å². The Morgan fingerprint density at radius 2 is 2.00 bits per heavy atom. The highest BCUT2D eigenvalue weighted by atomic mass is 32.2. The average molecular weight is 308 g/mol. The predicted molar refractivity (Wildman–Crippen MR) is 81.2 cm³/mol. The zero-order chi connectivity index (χ0) is 15.3. The van der Waals surface area contributed by atoms with Gasteiger partial charge in [-0.3, -0.25) is 4.68 Å². The molecule has 6 nitrogen and oxygen atoms in total. The summed E-state index contributed by atoms with van der Waals surface area (Å²) in [6.07, 6.45) is 3.47. The maximum atomic E-state index is 12.3. The van der Waals surface area contributed by atoms with Crippen molar-refractivity contribution in [2.24, 2.45) is 0 Å². The number of hydrogen-bond donors (Lipinski definition) is 2. The van der Waals surface area contributed by atoms with Crippen molar-refractivity contribution in [2.45, 2.75) is 31.0 Å². The third kappa shape index (κ3) is 4.38. The number of hydrogen-bond acceptors (Lipinski definition) is 4. The largest absolute Gasteiger partial charge is 0.316 e. The summed E-state index contributed by atoms with van der Waals surface area (Å²) < 4.78 is 28.9. The lowest BCUT2D eigenvalue weighted by Gasteiger charge is -2.14. The lowest BCUT2D eigenvalue weighted by atomic mass is 10.2. The van der Waals surface area contributed by atoms with Crippen molar-refractivity contribution in [3.63, 3.8) is 0 Å². The summed E-state index contributed by atoms with van der Waals surface area (Å²) in [4.78, 5) is 0.273. The van der Waals surface area contributed by atoms with Gasteiger partial charge in [0.2, 0.25) is 10.0 Å². The first-order valence-corrected chi connectivity index (χ1v) is 8.23. The molecule has 21 heavy (non-hydrogen) atoms. The SMILES string of the molecule is CNCc1ccc(S(=O)(=O)NC(C)Cn2cccn2)cc1. The third-order valence-electron chi connectivity index (χ3n) is 2.99. The van der Waals surface area contributed by atoms with Crippen LogP contribution in [0.4, 0.5) is 0 Å². The number of nitrogens with one attached hydrogen (secondary N) is 2. The first-order chi connectivity index (χ1) is 10.0. The molecule has 0 aliphatic carbocycles. The van der Waals surface area contributed by atoms with E-state index in [1.165, 1.54) is 0 Å². The van der Waals surface area contributed by atoms with E-state index in [1.54, 1.807) is 29.2 Å². The van der Waals surface area contributed by atoms with Gasteiger partial charge in [-0.25, -0.2) is 13.1 Å². The lowest BCUT2D eigenvalue weighted by molar-refractivity contribution is 0.494. The van der Waals surface area contributed by atoms with Crippen LogP contribution in [0.2, 0.25) is 0 Å². The van der Waals surface area contributed by atoms with E-state index < -0.39 is 10.0 Å². The number of rotatable bonds is 7. The summed E-state index contributed by atoms with van der Waals surface area (Å²) in [5.41, 5.74) is 1.04. The summed E-state index contributed by atoms with van der Waals surface area (Å²) in [5, 5.41) is 7.09. The van der Waals surface area contributed by atoms with Crippen LogP contribution in [0.1, 0.15) is 12.5 Å². The van der Waals surface area contributed by atoms with Gasteiger partial charge in [0.25, 0.3) is 0 Å². The fourth-order valence-electron chi connectivity index (χ4n) is 2.05. The summed E-state index contributed by atoms with van der Waals surface area (Å²) in [6.45, 7) is 3.02. The molecule has 0 radical (unpaired) electrons. The van der Waals surface area contributed by atoms with Gasteiger partial charge >= 0.3 is 0 Å². The molecule has 0 aliphatic rings. The van der Waals surface area contributed by atoms with Gasteiger partial charge in [-0.05, 0) is 37.7 Å². The van der Waals surface area contributed by atoms with Crippen molar-refractivity contribution >= 4 is 10.0 Å². The van der Waals surface area contributed by atoms with Gasteiger partial charge in [0.15, 0.2) is 0 Å². The molecular formula is C14H20N4O2S. The molecule has 2 N–H and O–H groups in total. The fraction of sp³-hybridized carbons (Fsp3) is 0.357. The highest BCUT2D eigenvalue weighted by Gasteiger charge is 2.17. The molecule has 0 bridgehead atoms. The van der Waals surface area contributed by atoms with Crippen molar-refractivity contribution in [1.29, 1.82) is 0 Å². The molecule has 1 aromatic carbocycles. The molecule has 1 atom stereocenters. The monoisotopic (exact) mass is 308 g/mol. The Kier molecular flexibility index (Phi) is 5.11. The molecule has 0 saturated heterocycles. The average Bonchev–Trinajstić information content (AvgIpc) is 2.92. The molecule has 0 spiro atoms. The Hall–Kier alpha value is -1.70. The smallest absolute Gasteiger partial charge is 0.240 e. The molecule has 0 aliphatic heterocycles. The second kappa shape index (κ2) is 6.84. The van der Waals surface area contributed by atoms with Crippen LogP contribution in [0.15, 0.2) is 47.6 Å². The van der Waals surface area contributed by atoms with Crippen molar-refractivity contribution in [2.75, 3.05) is 7.05 Å². The van der Waals surface area contributed by atoms with Crippen LogP contribution in [0.3, 0.4) is 0 Å². The zero-order valence-corrected chi connectivity index (χ0v) is 13.0. The first kappa shape index (κ1) is 15.7. The molecule has 2 rings (SSSR count). The predicted octanol–water partition coefficient (Wildman–Crippen LogP) is 0.969. The topological polar surface area (TPSA) is 76.0 Å². The standard InChI is InChI=1S/C14H20N4O2S/c1-12(11-18-9-3-8-16-18)17-21(19,20)14-6-4-13(5-7-14)10-15-2/h3-9,12,15,17H,10-11H2,1-2H3. The van der Waals surface area contributed by atoms with Crippen LogP contribution in [-0.2, 0) is 23.1 Å². The van der Waals surface area contributed by atoms with Crippen LogP contribution >= 0.6 is 0 Å². The van der Waals surface area contributed by atoms with Gasteiger partial charge < -0.3 is 5.32 Å². The summed E-state index contributed by atoms with van der Waals surface area (Å²) in [7, 11) is -1.66. The Morgan fingerprint density at radius 3 is 2.57 bits per heavy atom. The maximum absolute atomic E-state index is 12.3. The van der Waals surface area contributed by atoms with E-state index in [2.05, 4.69) is 15.1 Å². The van der Waals surface area contributed by atoms with E-state index in [-0.39, 0.29) is 10.9 Å². The highest BCUT2D eigenvalue weighted by molar-refractivity contribution is 7.89. The maximum Gasteiger partial charge on any atom is 0.240 e. The Balaban J connectivity index is 2.03. The third-order valence-corrected chi connectivity index (χ3v) is 4.60. The molecule has 0 fully saturated rings. The molecule has 0 amide bonds. The lowest BCUT2D eigenvalue weighted by Crippen LogP contribution is -2.35. The minimum Gasteiger partial charge on any atom is -0.316 e. The number of benzene rings is 1. The zero-order valence-electron chi connectivity index (χ0n) is 12.2. The van der Waals surface area contributed by atoms with Crippen molar-refractivity contribution in [3.05, 3.63) is 48.3 Å². The van der Waals surface area contributed by atoms with Gasteiger partial charge in [0.05, 0.1) is 11.4 Å². The van der Waals surface area contributed by atoms with E-state index in [4.69, 9.17) is 0 Å². The molecule has 1 heterocycles. The molecule has 1 aromatic heterocycles. The molecule has 7 heteroatoms. The Labute approximate surface area is 125 Å². The van der Waals surface area contributed by atoms with Crippen molar-refractivity contribution in [3.8, 4) is 0 Å². The van der Waals surface area contributed by atoms with Crippen LogP contribution < -0.4 is 10.0 Å². The van der Waals surface area contributed by atoms with Crippen LogP contribution in [0.25, 0.3) is 0 Å². The summed E-state index contributed by atoms with van der Waals surface area (Å²) >= 11 is 0. The van der Waals surface area contributed by atoms with Gasteiger partial charge in [0.1, 0.15) is 0 Å². The van der Waals surface area contributed by atoms with E-state index >= 15 is 0 Å². The molecular weight excluding hydrogens is 288 g/mol. The van der Waals surface area contributed by atoms with Gasteiger partial charge in [-0.1, -0.05) is 12.1 Å².